The Morgan fingerprint density at radius 3 is 2.82 bits per heavy atom. The Morgan fingerprint density at radius 1 is 1.53 bits per heavy atom. The summed E-state index contributed by atoms with van der Waals surface area (Å²) in [7, 11) is -3.58. The van der Waals surface area contributed by atoms with Gasteiger partial charge in [0.2, 0.25) is 0 Å². The van der Waals surface area contributed by atoms with Crippen LogP contribution in [-0.4, -0.2) is 18.6 Å². The van der Waals surface area contributed by atoms with E-state index in [4.69, 9.17) is 5.73 Å². The Labute approximate surface area is 103 Å². The predicted octanol–water partition coefficient (Wildman–Crippen LogP) is 1.42. The zero-order chi connectivity index (χ0) is 12.5. The Balaban J connectivity index is 2.28. The lowest BCUT2D eigenvalue weighted by molar-refractivity contribution is 0.603. The summed E-state index contributed by atoms with van der Waals surface area (Å²) in [6.45, 7) is 1.97. The van der Waals surface area contributed by atoms with Gasteiger partial charge in [-0.25, -0.2) is 8.42 Å². The van der Waals surface area contributed by atoms with Crippen LogP contribution in [0.1, 0.15) is 11.8 Å². The van der Waals surface area contributed by atoms with Crippen LogP contribution in [0.4, 0.5) is 11.5 Å². The number of nitrogen functional groups attached to an aromatic ring is 1. The van der Waals surface area contributed by atoms with E-state index in [1.165, 1.54) is 17.5 Å². The summed E-state index contributed by atoms with van der Waals surface area (Å²) in [4.78, 5) is 1.02. The first kappa shape index (κ1) is 11.9. The van der Waals surface area contributed by atoms with Gasteiger partial charge in [0.15, 0.2) is 5.82 Å². The van der Waals surface area contributed by atoms with E-state index in [2.05, 4.69) is 14.9 Å². The number of thiophene rings is 1. The summed E-state index contributed by atoms with van der Waals surface area (Å²) in [5.74, 6) is 0.191. The van der Waals surface area contributed by atoms with E-state index in [-0.39, 0.29) is 15.7 Å². The molecular weight excluding hydrogens is 260 g/mol. The molecular formula is C9H12N4O2S2. The molecule has 2 aromatic heterocycles. The van der Waals surface area contributed by atoms with Crippen molar-refractivity contribution in [2.24, 2.45) is 0 Å². The molecule has 4 N–H and O–H groups in total. The molecule has 0 aliphatic carbocycles. The van der Waals surface area contributed by atoms with E-state index in [0.29, 0.717) is 0 Å². The molecule has 0 unspecified atom stereocenters. The molecule has 0 fully saturated rings. The second-order valence-electron chi connectivity index (χ2n) is 3.38. The molecule has 0 atom stereocenters. The lowest BCUT2D eigenvalue weighted by Crippen LogP contribution is -2.12. The monoisotopic (exact) mass is 272 g/mol. The fraction of sp³-hybridized carbons (Fsp3) is 0.222. The lowest BCUT2D eigenvalue weighted by Gasteiger charge is -2.03. The number of hydrogen-bond donors (Lipinski definition) is 3. The highest BCUT2D eigenvalue weighted by Gasteiger charge is 2.18. The van der Waals surface area contributed by atoms with Gasteiger partial charge >= 0.3 is 0 Å². The van der Waals surface area contributed by atoms with Crippen molar-refractivity contribution in [2.45, 2.75) is 17.6 Å². The molecule has 6 nitrogen and oxygen atoms in total. The Kier molecular flexibility index (Phi) is 3.07. The van der Waals surface area contributed by atoms with Gasteiger partial charge in [-0.15, -0.1) is 11.3 Å². The molecule has 0 aliphatic rings. The maximum absolute atomic E-state index is 12.0. The second-order valence-corrected chi connectivity index (χ2v) is 6.46. The van der Waals surface area contributed by atoms with E-state index >= 15 is 0 Å². The summed E-state index contributed by atoms with van der Waals surface area (Å²) < 4.78 is 26.6. The average Bonchev–Trinajstić information content (AvgIpc) is 2.88. The van der Waals surface area contributed by atoms with Crippen LogP contribution in [-0.2, 0) is 16.4 Å². The molecule has 0 amide bonds. The Hall–Kier alpha value is -1.54. The first-order valence-corrected chi connectivity index (χ1v) is 7.23. The first-order chi connectivity index (χ1) is 8.03. The van der Waals surface area contributed by atoms with Crippen LogP contribution in [0, 0.1) is 0 Å². The summed E-state index contributed by atoms with van der Waals surface area (Å²) in [6, 6.07) is 3.38. The second kappa shape index (κ2) is 4.38. The molecule has 0 radical (unpaired) electrons. The fourth-order valence-corrected chi connectivity index (χ4v) is 3.59. The molecule has 2 heterocycles. The lowest BCUT2D eigenvalue weighted by atomic mass is 10.4. The number of anilines is 2. The van der Waals surface area contributed by atoms with Crippen LogP contribution in [0.15, 0.2) is 22.5 Å². The average molecular weight is 272 g/mol. The fourth-order valence-electron chi connectivity index (χ4n) is 1.25. The molecule has 0 aromatic carbocycles. The van der Waals surface area contributed by atoms with Gasteiger partial charge in [0.1, 0.15) is 4.21 Å². The normalized spacial score (nSPS) is 11.6. The van der Waals surface area contributed by atoms with Crippen molar-refractivity contribution in [3.8, 4) is 0 Å². The minimum absolute atomic E-state index is 0.191. The van der Waals surface area contributed by atoms with E-state index in [1.807, 2.05) is 6.92 Å². The summed E-state index contributed by atoms with van der Waals surface area (Å²) in [6.07, 6.45) is 2.16. The first-order valence-electron chi connectivity index (χ1n) is 4.93. The van der Waals surface area contributed by atoms with E-state index in [0.717, 1.165) is 11.3 Å². The maximum Gasteiger partial charge on any atom is 0.272 e. The van der Waals surface area contributed by atoms with Gasteiger partial charge in [-0.1, -0.05) is 6.92 Å². The maximum atomic E-state index is 12.0. The molecule has 8 heteroatoms. The molecule has 0 aliphatic heterocycles. The van der Waals surface area contributed by atoms with Gasteiger partial charge in [-0.2, -0.15) is 5.10 Å². The summed E-state index contributed by atoms with van der Waals surface area (Å²) in [5, 5.41) is 6.14. The van der Waals surface area contributed by atoms with Gasteiger partial charge in [-0.05, 0) is 18.6 Å². The number of H-pyrrole nitrogens is 1. The standard InChI is InChI=1S/C9H12N4O2S2/c1-2-6-3-4-8(16-6)17(14,15)13-9-7(10)5-11-12-9/h3-5H,2,10H2,1H3,(H2,11,12,13). The SMILES string of the molecule is CCc1ccc(S(=O)(=O)Nc2[nH]ncc2N)s1. The molecule has 2 rings (SSSR count). The third-order valence-electron chi connectivity index (χ3n) is 2.16. The number of aromatic nitrogens is 2. The molecule has 0 saturated heterocycles. The van der Waals surface area contributed by atoms with Gasteiger partial charge in [0.25, 0.3) is 10.0 Å². The number of aromatic amines is 1. The number of nitrogens with zero attached hydrogens (tertiary/aromatic N) is 1. The van der Waals surface area contributed by atoms with Crippen molar-refractivity contribution >= 4 is 32.9 Å². The summed E-state index contributed by atoms with van der Waals surface area (Å²) in [5.41, 5.74) is 5.80. The predicted molar refractivity (Wildman–Crippen MR) is 67.5 cm³/mol. The van der Waals surface area contributed by atoms with Crippen molar-refractivity contribution in [3.05, 3.63) is 23.2 Å². The smallest absolute Gasteiger partial charge is 0.272 e. The Bertz CT molecular complexity index is 614. The quantitative estimate of drug-likeness (QED) is 0.783. The van der Waals surface area contributed by atoms with Gasteiger partial charge in [-0.3, -0.25) is 9.82 Å². The molecule has 2 aromatic rings. The van der Waals surface area contributed by atoms with Crippen molar-refractivity contribution in [1.82, 2.24) is 10.2 Å². The summed E-state index contributed by atoms with van der Waals surface area (Å²) >= 11 is 1.24. The van der Waals surface area contributed by atoms with Crippen LogP contribution in [0.3, 0.4) is 0 Å². The number of nitrogens with one attached hydrogen (secondary N) is 2. The molecule has 17 heavy (non-hydrogen) atoms. The van der Waals surface area contributed by atoms with Gasteiger partial charge in [0, 0.05) is 4.88 Å². The van der Waals surface area contributed by atoms with E-state index in [9.17, 15) is 8.42 Å². The van der Waals surface area contributed by atoms with Crippen LogP contribution in [0.25, 0.3) is 0 Å². The number of hydrogen-bond acceptors (Lipinski definition) is 5. The number of aryl methyl sites for hydroxylation is 1. The molecule has 0 spiro atoms. The topological polar surface area (TPSA) is 101 Å². The van der Waals surface area contributed by atoms with Gasteiger partial charge in [0.05, 0.1) is 11.9 Å². The highest BCUT2D eigenvalue weighted by atomic mass is 32.2. The highest BCUT2D eigenvalue weighted by Crippen LogP contribution is 2.25. The van der Waals surface area contributed by atoms with Crippen LogP contribution < -0.4 is 10.5 Å². The van der Waals surface area contributed by atoms with Gasteiger partial charge < -0.3 is 5.73 Å². The third kappa shape index (κ3) is 2.42. The van der Waals surface area contributed by atoms with Crippen molar-refractivity contribution in [2.75, 3.05) is 10.5 Å². The Morgan fingerprint density at radius 2 is 2.29 bits per heavy atom. The molecule has 0 bridgehead atoms. The van der Waals surface area contributed by atoms with Crippen molar-refractivity contribution in [3.63, 3.8) is 0 Å². The van der Waals surface area contributed by atoms with Crippen LogP contribution >= 0.6 is 11.3 Å². The zero-order valence-electron chi connectivity index (χ0n) is 9.10. The van der Waals surface area contributed by atoms with Crippen molar-refractivity contribution < 1.29 is 8.42 Å². The number of nitrogens with two attached hydrogens (primary N) is 1. The van der Waals surface area contributed by atoms with E-state index in [1.54, 1.807) is 12.1 Å². The van der Waals surface area contributed by atoms with E-state index < -0.39 is 10.0 Å². The third-order valence-corrected chi connectivity index (χ3v) is 5.23. The minimum atomic E-state index is -3.58. The van der Waals surface area contributed by atoms with Crippen molar-refractivity contribution in [1.29, 1.82) is 0 Å². The van der Waals surface area contributed by atoms with Crippen LogP contribution in [0.5, 0.6) is 0 Å². The largest absolute Gasteiger partial charge is 0.394 e. The zero-order valence-corrected chi connectivity index (χ0v) is 10.7. The molecule has 92 valence electrons. The highest BCUT2D eigenvalue weighted by molar-refractivity contribution is 7.94. The number of sulfonamides is 1. The minimum Gasteiger partial charge on any atom is -0.394 e. The molecule has 0 saturated carbocycles. The van der Waals surface area contributed by atoms with Crippen LogP contribution in [0.2, 0.25) is 0 Å². The number of rotatable bonds is 4.